The Bertz CT molecular complexity index is 357. The zero-order valence-corrected chi connectivity index (χ0v) is 9.95. The largest absolute Gasteiger partial charge is 0.497 e. The van der Waals surface area contributed by atoms with E-state index in [1.54, 1.807) is 38.3 Å². The van der Waals surface area contributed by atoms with Crippen LogP contribution in [0.1, 0.15) is 6.92 Å². The molecule has 0 saturated heterocycles. The summed E-state index contributed by atoms with van der Waals surface area (Å²) in [6.45, 7) is 1.72. The molecule has 1 unspecified atom stereocenters. The lowest BCUT2D eigenvalue weighted by atomic mass is 10.3. The molecule has 0 heterocycles. The summed E-state index contributed by atoms with van der Waals surface area (Å²) >= 11 is 5.52. The van der Waals surface area contributed by atoms with Crippen LogP contribution >= 0.6 is 11.6 Å². The lowest BCUT2D eigenvalue weighted by Gasteiger charge is -2.11. The first-order valence-electron chi connectivity index (χ1n) is 4.83. The Kier molecular flexibility index (Phi) is 4.92. The van der Waals surface area contributed by atoms with E-state index in [2.05, 4.69) is 5.32 Å². The van der Waals surface area contributed by atoms with Crippen LogP contribution in [0.4, 0.5) is 10.5 Å². The molecule has 0 aliphatic heterocycles. The molecule has 1 rings (SSSR count). The smallest absolute Gasteiger partial charge is 0.411 e. The van der Waals surface area contributed by atoms with Gasteiger partial charge in [-0.15, -0.1) is 11.6 Å². The van der Waals surface area contributed by atoms with Crippen LogP contribution in [0, 0.1) is 0 Å². The fourth-order valence-electron chi connectivity index (χ4n) is 1.06. The van der Waals surface area contributed by atoms with Crippen molar-refractivity contribution in [2.75, 3.05) is 18.3 Å². The van der Waals surface area contributed by atoms with Gasteiger partial charge in [0.2, 0.25) is 0 Å². The van der Waals surface area contributed by atoms with Gasteiger partial charge in [0.05, 0.1) is 13.0 Å². The van der Waals surface area contributed by atoms with E-state index in [4.69, 9.17) is 21.1 Å². The second-order valence-electron chi connectivity index (χ2n) is 3.23. The van der Waals surface area contributed by atoms with Crippen molar-refractivity contribution in [2.45, 2.75) is 13.0 Å². The Morgan fingerprint density at radius 2 is 2.31 bits per heavy atom. The van der Waals surface area contributed by atoms with E-state index >= 15 is 0 Å². The molecule has 0 aliphatic carbocycles. The first-order chi connectivity index (χ1) is 7.65. The highest BCUT2D eigenvalue weighted by Crippen LogP contribution is 2.16. The number of alkyl halides is 1. The molecule has 0 fully saturated rings. The third-order valence-electron chi connectivity index (χ3n) is 1.84. The number of carbonyl (C=O) groups excluding carboxylic acids is 1. The molecular formula is C11H14ClNO3. The highest BCUT2D eigenvalue weighted by Gasteiger charge is 2.08. The molecule has 0 aromatic heterocycles. The van der Waals surface area contributed by atoms with Crippen LogP contribution < -0.4 is 10.1 Å². The van der Waals surface area contributed by atoms with Crippen molar-refractivity contribution in [1.29, 1.82) is 0 Å². The van der Waals surface area contributed by atoms with Gasteiger partial charge in [-0.05, 0) is 19.1 Å². The summed E-state index contributed by atoms with van der Waals surface area (Å²) in [5, 5.41) is 2.58. The minimum Gasteiger partial charge on any atom is -0.497 e. The number of methoxy groups -OCH3 is 1. The Morgan fingerprint density at radius 3 is 2.94 bits per heavy atom. The van der Waals surface area contributed by atoms with Crippen molar-refractivity contribution in [3.8, 4) is 5.75 Å². The Morgan fingerprint density at radius 1 is 1.56 bits per heavy atom. The van der Waals surface area contributed by atoms with E-state index in [9.17, 15) is 4.79 Å². The number of rotatable bonds is 4. The third-order valence-corrected chi connectivity index (χ3v) is 2.28. The van der Waals surface area contributed by atoms with Gasteiger partial charge in [0.1, 0.15) is 11.9 Å². The maximum Gasteiger partial charge on any atom is 0.411 e. The number of hydrogen-bond acceptors (Lipinski definition) is 3. The Labute approximate surface area is 99.5 Å². The summed E-state index contributed by atoms with van der Waals surface area (Å²) in [6, 6.07) is 7.01. The van der Waals surface area contributed by atoms with Crippen LogP contribution in [0.15, 0.2) is 24.3 Å². The highest BCUT2D eigenvalue weighted by molar-refractivity contribution is 6.18. The SMILES string of the molecule is COc1cccc(NC(=O)OC(C)CCl)c1. The molecule has 1 N–H and O–H groups in total. The number of carbonyl (C=O) groups is 1. The number of amides is 1. The summed E-state index contributed by atoms with van der Waals surface area (Å²) < 4.78 is 9.98. The molecule has 0 bridgehead atoms. The number of hydrogen-bond donors (Lipinski definition) is 1. The van der Waals surface area contributed by atoms with E-state index in [-0.39, 0.29) is 12.0 Å². The van der Waals surface area contributed by atoms with Gasteiger partial charge in [-0.3, -0.25) is 5.32 Å². The predicted molar refractivity (Wildman–Crippen MR) is 63.3 cm³/mol. The number of halogens is 1. The fourth-order valence-corrected chi connectivity index (χ4v) is 1.13. The van der Waals surface area contributed by atoms with Crippen molar-refractivity contribution < 1.29 is 14.3 Å². The normalized spacial score (nSPS) is 11.7. The highest BCUT2D eigenvalue weighted by atomic mass is 35.5. The fraction of sp³-hybridized carbons (Fsp3) is 0.364. The minimum absolute atomic E-state index is 0.269. The molecule has 16 heavy (non-hydrogen) atoms. The maximum atomic E-state index is 11.3. The summed E-state index contributed by atoms with van der Waals surface area (Å²) in [6.07, 6.45) is -0.839. The van der Waals surface area contributed by atoms with Gasteiger partial charge < -0.3 is 9.47 Å². The minimum atomic E-state index is -0.526. The first-order valence-corrected chi connectivity index (χ1v) is 5.37. The van der Waals surface area contributed by atoms with Crippen molar-refractivity contribution >= 4 is 23.4 Å². The summed E-state index contributed by atoms with van der Waals surface area (Å²) in [5.41, 5.74) is 0.617. The van der Waals surface area contributed by atoms with Crippen molar-refractivity contribution in [3.05, 3.63) is 24.3 Å². The van der Waals surface area contributed by atoms with Crippen LogP contribution in [0.2, 0.25) is 0 Å². The second-order valence-corrected chi connectivity index (χ2v) is 3.54. The topological polar surface area (TPSA) is 47.6 Å². The first kappa shape index (κ1) is 12.6. The predicted octanol–water partition coefficient (Wildman–Crippen LogP) is 2.87. The molecule has 1 amide bonds. The van der Waals surface area contributed by atoms with Crippen LogP contribution in [0.25, 0.3) is 0 Å². The van der Waals surface area contributed by atoms with Crippen molar-refractivity contribution in [2.24, 2.45) is 0 Å². The van der Waals surface area contributed by atoms with Gasteiger partial charge in [-0.25, -0.2) is 4.79 Å². The molecule has 0 saturated carbocycles. The summed E-state index contributed by atoms with van der Waals surface area (Å²) in [4.78, 5) is 11.3. The van der Waals surface area contributed by atoms with Crippen molar-refractivity contribution in [3.63, 3.8) is 0 Å². The van der Waals surface area contributed by atoms with Gasteiger partial charge in [-0.1, -0.05) is 6.07 Å². The van der Waals surface area contributed by atoms with Gasteiger partial charge in [0, 0.05) is 11.8 Å². The van der Waals surface area contributed by atoms with Crippen LogP contribution in [-0.2, 0) is 4.74 Å². The van der Waals surface area contributed by atoms with Crippen LogP contribution in [0.3, 0.4) is 0 Å². The zero-order chi connectivity index (χ0) is 12.0. The maximum absolute atomic E-state index is 11.3. The monoisotopic (exact) mass is 243 g/mol. The molecule has 1 atom stereocenters. The molecule has 88 valence electrons. The quantitative estimate of drug-likeness (QED) is 0.828. The number of benzene rings is 1. The van der Waals surface area contributed by atoms with E-state index < -0.39 is 6.09 Å². The molecule has 4 nitrogen and oxygen atoms in total. The van der Waals surface area contributed by atoms with Gasteiger partial charge in [0.25, 0.3) is 0 Å². The van der Waals surface area contributed by atoms with E-state index in [0.29, 0.717) is 11.4 Å². The van der Waals surface area contributed by atoms with Crippen molar-refractivity contribution in [1.82, 2.24) is 0 Å². The lowest BCUT2D eigenvalue weighted by Crippen LogP contribution is -2.21. The molecule has 0 aliphatic rings. The lowest BCUT2D eigenvalue weighted by molar-refractivity contribution is 0.131. The van der Waals surface area contributed by atoms with Gasteiger partial charge in [-0.2, -0.15) is 0 Å². The van der Waals surface area contributed by atoms with E-state index in [0.717, 1.165) is 0 Å². The number of nitrogens with one attached hydrogen (secondary N) is 1. The Hall–Kier alpha value is -1.42. The number of ether oxygens (including phenoxy) is 2. The standard InChI is InChI=1S/C11H14ClNO3/c1-8(7-12)16-11(14)13-9-4-3-5-10(6-9)15-2/h3-6,8H,7H2,1-2H3,(H,13,14). The number of anilines is 1. The van der Waals surface area contributed by atoms with Crippen LogP contribution in [-0.4, -0.2) is 25.2 Å². The molecule has 0 radical (unpaired) electrons. The summed E-state index contributed by atoms with van der Waals surface area (Å²) in [7, 11) is 1.56. The zero-order valence-electron chi connectivity index (χ0n) is 9.20. The molecular weight excluding hydrogens is 230 g/mol. The summed E-state index contributed by atoms with van der Waals surface area (Å²) in [5.74, 6) is 0.939. The average molecular weight is 244 g/mol. The van der Waals surface area contributed by atoms with Gasteiger partial charge >= 0.3 is 6.09 Å². The Balaban J connectivity index is 2.55. The third kappa shape index (κ3) is 3.98. The van der Waals surface area contributed by atoms with E-state index in [1.807, 2.05) is 0 Å². The average Bonchev–Trinajstić information content (AvgIpc) is 2.28. The molecule has 0 spiro atoms. The molecule has 5 heteroatoms. The molecule has 1 aromatic carbocycles. The van der Waals surface area contributed by atoms with Crippen LogP contribution in [0.5, 0.6) is 5.75 Å². The molecule has 1 aromatic rings. The van der Waals surface area contributed by atoms with Gasteiger partial charge in [0.15, 0.2) is 0 Å². The van der Waals surface area contributed by atoms with E-state index in [1.165, 1.54) is 0 Å². The second kappa shape index (κ2) is 6.23.